The number of nitrogens with two attached hydrogens (primary N) is 1. The molecule has 0 aliphatic heterocycles. The van der Waals surface area contributed by atoms with Gasteiger partial charge in [-0.2, -0.15) is 0 Å². The van der Waals surface area contributed by atoms with Gasteiger partial charge >= 0.3 is 5.29 Å². The lowest BCUT2D eigenvalue weighted by atomic mass is 10.3. The fraction of sp³-hybridized carbons (Fsp3) is 0. The van der Waals surface area contributed by atoms with Crippen LogP contribution in [0.4, 0.5) is 5.69 Å². The number of benzene rings is 1. The predicted octanol–water partition coefficient (Wildman–Crippen LogP) is 0.819. The molecule has 0 saturated carbocycles. The van der Waals surface area contributed by atoms with Gasteiger partial charge in [0.1, 0.15) is 0 Å². The molecule has 1 aromatic carbocycles. The number of hydrogen-bond acceptors (Lipinski definition) is 6. The van der Waals surface area contributed by atoms with Gasteiger partial charge in [-0.05, 0) is 12.1 Å². The number of hydrazine groups is 1. The lowest BCUT2D eigenvalue weighted by Crippen LogP contribution is -2.18. The molecule has 0 atom stereocenters. The van der Waals surface area contributed by atoms with Crippen molar-refractivity contribution >= 4 is 5.69 Å². The van der Waals surface area contributed by atoms with Crippen LogP contribution in [0.15, 0.2) is 35.6 Å². The first-order valence-electron chi connectivity index (χ1n) is 3.35. The smallest absolute Gasteiger partial charge is 0.340 e. The first-order valence-corrected chi connectivity index (χ1v) is 3.35. The number of para-hydroxylation sites is 1. The molecular formula is C6H8N4O4. The Morgan fingerprint density at radius 1 is 1.43 bits per heavy atom. The molecule has 76 valence electrons. The maximum Gasteiger partial charge on any atom is 0.340 e. The van der Waals surface area contributed by atoms with Gasteiger partial charge in [0.15, 0.2) is 5.28 Å². The first kappa shape index (κ1) is 11.8. The van der Waals surface area contributed by atoms with E-state index in [4.69, 9.17) is 26.0 Å². The van der Waals surface area contributed by atoms with E-state index in [-0.39, 0.29) is 0 Å². The zero-order valence-corrected chi connectivity index (χ0v) is 6.98. The number of nitro groups is 1. The molecule has 0 amide bonds. The summed E-state index contributed by atoms with van der Waals surface area (Å²) in [4.78, 5) is 18.0. The SMILES string of the molecule is Nc1ccccc1.O=NN(O)[N+](=O)[O-]. The summed E-state index contributed by atoms with van der Waals surface area (Å²) in [6, 6.07) is 9.49. The van der Waals surface area contributed by atoms with Crippen molar-refractivity contribution in [3.05, 3.63) is 45.4 Å². The minimum absolute atomic E-state index is 0.822. The Labute approximate surface area is 78.6 Å². The quantitative estimate of drug-likeness (QED) is 0.315. The van der Waals surface area contributed by atoms with Crippen molar-refractivity contribution in [3.63, 3.8) is 0 Å². The minimum Gasteiger partial charge on any atom is -0.399 e. The Kier molecular flexibility index (Phi) is 5.31. The molecule has 0 saturated heterocycles. The van der Waals surface area contributed by atoms with Gasteiger partial charge in [0.05, 0.1) is 5.03 Å². The van der Waals surface area contributed by atoms with Gasteiger partial charge < -0.3 is 15.8 Å². The molecule has 1 rings (SSSR count). The van der Waals surface area contributed by atoms with E-state index in [0.717, 1.165) is 5.69 Å². The van der Waals surface area contributed by atoms with Crippen LogP contribution in [0.25, 0.3) is 0 Å². The molecule has 0 aliphatic carbocycles. The van der Waals surface area contributed by atoms with Crippen molar-refractivity contribution in [2.24, 2.45) is 5.29 Å². The molecule has 14 heavy (non-hydrogen) atoms. The summed E-state index contributed by atoms with van der Waals surface area (Å²) in [6.45, 7) is 0. The van der Waals surface area contributed by atoms with Gasteiger partial charge in [-0.15, -0.1) is 0 Å². The van der Waals surface area contributed by atoms with Gasteiger partial charge in [-0.3, -0.25) is 0 Å². The van der Waals surface area contributed by atoms with Gasteiger partial charge in [0.2, 0.25) is 0 Å². The summed E-state index contributed by atoms with van der Waals surface area (Å²) < 4.78 is 0. The molecule has 0 fully saturated rings. The predicted molar refractivity (Wildman–Crippen MR) is 47.3 cm³/mol. The van der Waals surface area contributed by atoms with Crippen molar-refractivity contribution in [2.45, 2.75) is 0 Å². The number of nitrogen functional groups attached to an aromatic ring is 1. The molecule has 0 unspecified atom stereocenters. The normalized spacial score (nSPS) is 8.07. The molecular weight excluding hydrogens is 192 g/mol. The summed E-state index contributed by atoms with van der Waals surface area (Å²) >= 11 is 0. The third-order valence-corrected chi connectivity index (χ3v) is 1.02. The van der Waals surface area contributed by atoms with E-state index in [0.29, 0.717) is 0 Å². The van der Waals surface area contributed by atoms with E-state index in [1.807, 2.05) is 30.3 Å². The monoisotopic (exact) mass is 200 g/mol. The second kappa shape index (κ2) is 6.31. The number of rotatable bonds is 2. The van der Waals surface area contributed by atoms with Crippen molar-refractivity contribution in [2.75, 3.05) is 5.73 Å². The Bertz CT molecular complexity index is 291. The van der Waals surface area contributed by atoms with Crippen LogP contribution >= 0.6 is 0 Å². The molecule has 0 spiro atoms. The second-order valence-electron chi connectivity index (χ2n) is 2.00. The molecule has 0 heterocycles. The Balaban J connectivity index is 0.000000241. The molecule has 3 N–H and O–H groups in total. The van der Waals surface area contributed by atoms with Crippen LogP contribution in [0.1, 0.15) is 0 Å². The fourth-order valence-electron chi connectivity index (χ4n) is 0.483. The highest BCUT2D eigenvalue weighted by Gasteiger charge is 2.06. The lowest BCUT2D eigenvalue weighted by molar-refractivity contribution is -0.730. The highest BCUT2D eigenvalue weighted by molar-refractivity contribution is 5.35. The van der Waals surface area contributed by atoms with Crippen LogP contribution < -0.4 is 5.73 Å². The standard InChI is InChI=1S/C6H7N.HN3O4/c7-6-4-2-1-3-5-6;4-1-2(5)3(6)7/h1-5H,7H2;5H. The maximum atomic E-state index is 9.12. The molecule has 0 bridgehead atoms. The Morgan fingerprint density at radius 2 is 1.93 bits per heavy atom. The summed E-state index contributed by atoms with van der Waals surface area (Å²) in [5.41, 5.74) is 6.18. The zero-order valence-electron chi connectivity index (χ0n) is 6.98. The molecule has 8 nitrogen and oxygen atoms in total. The number of anilines is 1. The molecule has 8 heteroatoms. The number of nitroso groups, excluding NO2 is 1. The topological polar surface area (TPSA) is 122 Å². The van der Waals surface area contributed by atoms with Gasteiger partial charge in [-0.1, -0.05) is 18.2 Å². The molecule has 0 aliphatic rings. The Morgan fingerprint density at radius 3 is 2.07 bits per heavy atom. The lowest BCUT2D eigenvalue weighted by Gasteiger charge is -1.89. The van der Waals surface area contributed by atoms with E-state index in [2.05, 4.69) is 0 Å². The van der Waals surface area contributed by atoms with E-state index < -0.39 is 10.3 Å². The number of hydrogen-bond donors (Lipinski definition) is 2. The fourth-order valence-corrected chi connectivity index (χ4v) is 0.483. The summed E-state index contributed by atoms with van der Waals surface area (Å²) in [5, 5.41) is 16.0. The summed E-state index contributed by atoms with van der Waals surface area (Å²) in [7, 11) is 0. The molecule has 0 radical (unpaired) electrons. The Hall–Kier alpha value is -2.22. The van der Waals surface area contributed by atoms with Crippen LogP contribution in [0.3, 0.4) is 0 Å². The zero-order chi connectivity index (χ0) is 11.0. The van der Waals surface area contributed by atoms with Crippen LogP contribution in [0, 0.1) is 15.0 Å². The molecule has 1 aromatic rings. The average Bonchev–Trinajstić information content (AvgIpc) is 2.18. The highest BCUT2D eigenvalue weighted by atomic mass is 16.8. The van der Waals surface area contributed by atoms with Gasteiger partial charge in [0.25, 0.3) is 0 Å². The van der Waals surface area contributed by atoms with Crippen molar-refractivity contribution in [3.8, 4) is 0 Å². The molecule has 0 aromatic heterocycles. The second-order valence-corrected chi connectivity index (χ2v) is 2.00. The van der Waals surface area contributed by atoms with Crippen LogP contribution in [0.2, 0.25) is 0 Å². The van der Waals surface area contributed by atoms with Gasteiger partial charge in [-0.25, -0.2) is 5.21 Å². The van der Waals surface area contributed by atoms with Crippen LogP contribution in [-0.2, 0) is 0 Å². The third kappa shape index (κ3) is 5.43. The number of nitrogens with zero attached hydrogens (tertiary/aromatic N) is 3. The average molecular weight is 200 g/mol. The van der Waals surface area contributed by atoms with Crippen LogP contribution in [0.5, 0.6) is 0 Å². The van der Waals surface area contributed by atoms with Gasteiger partial charge in [0, 0.05) is 10.6 Å². The third-order valence-electron chi connectivity index (χ3n) is 1.02. The van der Waals surface area contributed by atoms with Crippen molar-refractivity contribution in [1.82, 2.24) is 5.28 Å². The minimum atomic E-state index is -1.37. The van der Waals surface area contributed by atoms with Crippen LogP contribution in [-0.4, -0.2) is 15.5 Å². The van der Waals surface area contributed by atoms with Crippen molar-refractivity contribution < 1.29 is 10.2 Å². The maximum absolute atomic E-state index is 9.12. The van der Waals surface area contributed by atoms with E-state index in [9.17, 15) is 0 Å². The highest BCUT2D eigenvalue weighted by Crippen LogP contribution is 1.95. The largest absolute Gasteiger partial charge is 0.399 e. The first-order chi connectivity index (χ1) is 6.57. The van der Waals surface area contributed by atoms with E-state index in [1.165, 1.54) is 5.29 Å². The van der Waals surface area contributed by atoms with E-state index >= 15 is 0 Å². The summed E-state index contributed by atoms with van der Waals surface area (Å²) in [6.07, 6.45) is 0. The van der Waals surface area contributed by atoms with Crippen molar-refractivity contribution in [1.29, 1.82) is 0 Å². The van der Waals surface area contributed by atoms with E-state index in [1.54, 1.807) is 0 Å². The summed E-state index contributed by atoms with van der Waals surface area (Å²) in [5.74, 6) is 0.